The lowest BCUT2D eigenvalue weighted by molar-refractivity contribution is -0.145. The first-order valence-corrected chi connectivity index (χ1v) is 28.1. The number of likely N-dealkylation sites (tertiary alicyclic amines) is 2. The molecule has 408 valence electrons. The molecule has 5 N–H and O–H groups in total. The zero-order chi connectivity index (χ0) is 52.9. The summed E-state index contributed by atoms with van der Waals surface area (Å²) in [6.45, 7) is 16.4. The Labute approximate surface area is 449 Å². The fourth-order valence-electron chi connectivity index (χ4n) is 11.6. The Balaban J connectivity index is 0.603. The number of anilines is 2. The molecule has 1 spiro atoms. The number of morpholine rings is 1. The number of aliphatic hydroxyl groups excluding tert-OH is 1. The third-order valence-corrected chi connectivity index (χ3v) is 17.1. The first kappa shape index (κ1) is 53.6. The third kappa shape index (κ3) is 12.5. The second-order valence-corrected chi connectivity index (χ2v) is 22.6. The minimum atomic E-state index is -0.824. The number of carbonyl (C=O) groups excluding carboxylic acids is 2. The molecule has 7 heterocycles. The number of aryl methyl sites for hydroxylation is 1. The van der Waals surface area contributed by atoms with Gasteiger partial charge in [0.1, 0.15) is 24.3 Å². The van der Waals surface area contributed by atoms with Gasteiger partial charge in [-0.25, -0.2) is 4.98 Å². The summed E-state index contributed by atoms with van der Waals surface area (Å²) in [5.41, 5.74) is 13.0. The molecule has 1 saturated carbocycles. The average molecular weight is 1060 g/mol. The summed E-state index contributed by atoms with van der Waals surface area (Å²) in [6.07, 6.45) is 5.57. The molecule has 76 heavy (non-hydrogen) atoms. The maximum Gasteiger partial charge on any atom is 0.254 e. The van der Waals surface area contributed by atoms with Crippen molar-refractivity contribution in [2.24, 2.45) is 5.92 Å². The van der Waals surface area contributed by atoms with Crippen molar-refractivity contribution >= 4 is 34.7 Å². The maximum atomic E-state index is 14.2. The van der Waals surface area contributed by atoms with Crippen LogP contribution in [-0.2, 0) is 23.8 Å². The van der Waals surface area contributed by atoms with Crippen LogP contribution in [-0.4, -0.2) is 172 Å². The van der Waals surface area contributed by atoms with Crippen LogP contribution in [0, 0.1) is 12.8 Å². The highest BCUT2D eigenvalue weighted by Gasteiger charge is 2.44. The van der Waals surface area contributed by atoms with E-state index in [2.05, 4.69) is 40.4 Å². The molecule has 0 radical (unpaired) electrons. The largest absolute Gasteiger partial charge is 0.507 e. The maximum absolute atomic E-state index is 14.2. The number of benzene rings is 2. The standard InChI is InChI=1S/C56H74N10O9S/c1-35(2)51(55(70)66-32-40(67)27-47(66)54(69)59-36(3)38-9-11-39(12-10-38)52-37(4)58-34-76-52)49-31-50(62-75-49)72-25-21-63-17-13-41(14-18-63)74-43-28-42(29-43)71-24-22-64-23-26-73-56(33-64)15-19-65(20-16-56)46-30-45(60-61-53(46)57)44-7-5-6-8-48(44)68/h5-12,30-31,34-36,40-43,47,51,67-68H,13-29,32-33H2,1-4H3,(H2,57,61)(H,59,69)/t36-,40+,42-,43-,47-,51+/m0/s1. The number of hydrogen-bond donors (Lipinski definition) is 4. The molecule has 0 bridgehead atoms. The molecule has 2 amide bonds. The van der Waals surface area contributed by atoms with Crippen molar-refractivity contribution in [2.45, 2.75) is 121 Å². The number of para-hydroxylation sites is 1. The summed E-state index contributed by atoms with van der Waals surface area (Å²) in [6, 6.07) is 17.6. The number of nitrogens with one attached hydrogen (secondary N) is 1. The summed E-state index contributed by atoms with van der Waals surface area (Å²) in [7, 11) is 0. The van der Waals surface area contributed by atoms with E-state index in [0.29, 0.717) is 48.5 Å². The normalized spacial score (nSPS) is 23.2. The van der Waals surface area contributed by atoms with Crippen molar-refractivity contribution in [2.75, 3.05) is 89.4 Å². The van der Waals surface area contributed by atoms with Gasteiger partial charge in [-0.2, -0.15) is 0 Å². The molecule has 5 aliphatic rings. The zero-order valence-corrected chi connectivity index (χ0v) is 45.0. The number of phenolic OH excluding ortho intramolecular Hbond substituents is 1. The Morgan fingerprint density at radius 3 is 2.42 bits per heavy atom. The molecule has 4 aliphatic heterocycles. The van der Waals surface area contributed by atoms with Gasteiger partial charge in [0, 0.05) is 77.0 Å². The summed E-state index contributed by atoms with van der Waals surface area (Å²) in [5, 5.41) is 36.8. The summed E-state index contributed by atoms with van der Waals surface area (Å²) < 4.78 is 31.1. The summed E-state index contributed by atoms with van der Waals surface area (Å²) in [4.78, 5) is 42.0. The van der Waals surface area contributed by atoms with Gasteiger partial charge in [0.15, 0.2) is 11.6 Å². The lowest BCUT2D eigenvalue weighted by Gasteiger charge is -2.48. The average Bonchev–Trinajstić information content (AvgIpc) is 4.18. The van der Waals surface area contributed by atoms with E-state index in [0.717, 1.165) is 118 Å². The van der Waals surface area contributed by atoms with E-state index in [9.17, 15) is 19.8 Å². The van der Waals surface area contributed by atoms with E-state index in [1.165, 1.54) is 4.90 Å². The lowest BCUT2D eigenvalue weighted by Crippen LogP contribution is -2.57. The second kappa shape index (κ2) is 23.9. The van der Waals surface area contributed by atoms with Crippen molar-refractivity contribution < 1.29 is 43.3 Å². The minimum absolute atomic E-state index is 0.0576. The number of carbonyl (C=O) groups is 2. The van der Waals surface area contributed by atoms with Gasteiger partial charge >= 0.3 is 0 Å². The third-order valence-electron chi connectivity index (χ3n) is 16.1. The van der Waals surface area contributed by atoms with Crippen LogP contribution < -0.4 is 20.7 Å². The number of phenols is 1. The van der Waals surface area contributed by atoms with Crippen molar-refractivity contribution in [1.29, 1.82) is 0 Å². The first-order chi connectivity index (χ1) is 36.8. The molecule has 4 atom stereocenters. The summed E-state index contributed by atoms with van der Waals surface area (Å²) >= 11 is 1.59. The number of aromatic nitrogens is 4. The van der Waals surface area contributed by atoms with Crippen LogP contribution in [0.5, 0.6) is 11.6 Å². The van der Waals surface area contributed by atoms with Gasteiger partial charge in [0.2, 0.25) is 11.8 Å². The van der Waals surface area contributed by atoms with Gasteiger partial charge in [-0.15, -0.1) is 21.5 Å². The molecule has 19 nitrogen and oxygen atoms in total. The van der Waals surface area contributed by atoms with E-state index in [1.54, 1.807) is 29.5 Å². The molecule has 5 fully saturated rings. The van der Waals surface area contributed by atoms with E-state index >= 15 is 0 Å². The minimum Gasteiger partial charge on any atom is -0.507 e. The highest BCUT2D eigenvalue weighted by Crippen LogP contribution is 2.38. The van der Waals surface area contributed by atoms with Crippen molar-refractivity contribution in [3.8, 4) is 33.3 Å². The highest BCUT2D eigenvalue weighted by atomic mass is 32.1. The molecule has 0 unspecified atom stereocenters. The van der Waals surface area contributed by atoms with Crippen molar-refractivity contribution in [3.63, 3.8) is 0 Å². The van der Waals surface area contributed by atoms with Gasteiger partial charge < -0.3 is 54.5 Å². The SMILES string of the molecule is Cc1ncsc1-c1ccc([C@H](C)NC(=O)[C@@H]2C[C@@H](O)CN2C(=O)[C@@H](c2cc(OCCN3CCC(O[C@H]4C[C@H](OCCN5CCOC6(CCN(c7cc(-c8ccccc8O)nnc7N)CC6)C5)C4)CC3)no2)C(C)C)cc1. The molecule has 20 heteroatoms. The number of aromatic hydroxyl groups is 1. The molecule has 3 aromatic heterocycles. The number of aliphatic hydroxyl groups is 1. The fourth-order valence-corrected chi connectivity index (χ4v) is 12.4. The Bertz CT molecular complexity index is 2740. The Hall–Kier alpha value is -5.74. The number of β-amino-alcohol motifs (C(OH)–C–C–N with tert-alkyl or cyclic N) is 1. The lowest BCUT2D eigenvalue weighted by atomic mass is 9.89. The van der Waals surface area contributed by atoms with Crippen molar-refractivity contribution in [3.05, 3.63) is 83.2 Å². The van der Waals surface area contributed by atoms with E-state index in [-0.39, 0.29) is 66.4 Å². The molecular weight excluding hydrogens is 989 g/mol. The van der Waals surface area contributed by atoms with Gasteiger partial charge in [-0.1, -0.05) is 50.2 Å². The number of thiazole rings is 1. The highest BCUT2D eigenvalue weighted by molar-refractivity contribution is 7.13. The van der Waals surface area contributed by atoms with Crippen LogP contribution in [0.15, 0.2) is 70.7 Å². The van der Waals surface area contributed by atoms with E-state index < -0.39 is 18.1 Å². The predicted octanol–water partition coefficient (Wildman–Crippen LogP) is 6.21. The first-order valence-electron chi connectivity index (χ1n) is 27.2. The Morgan fingerprint density at radius 2 is 1.68 bits per heavy atom. The van der Waals surface area contributed by atoms with E-state index in [4.69, 9.17) is 29.2 Å². The number of piperidine rings is 2. The Morgan fingerprint density at radius 1 is 0.921 bits per heavy atom. The molecule has 10 rings (SSSR count). The predicted molar refractivity (Wildman–Crippen MR) is 288 cm³/mol. The molecule has 1 aliphatic carbocycles. The number of nitrogens with two attached hydrogens (primary N) is 1. The molecule has 4 saturated heterocycles. The number of nitrogen functional groups attached to an aromatic ring is 1. The number of nitrogens with zero attached hydrogens (tertiary/aromatic N) is 8. The van der Waals surface area contributed by atoms with E-state index in [1.807, 2.05) is 75.7 Å². The summed E-state index contributed by atoms with van der Waals surface area (Å²) in [5.74, 6) is -0.256. The topological polar surface area (TPSA) is 227 Å². The van der Waals surface area contributed by atoms with Gasteiger partial charge in [-0.3, -0.25) is 19.4 Å². The Kier molecular flexibility index (Phi) is 16.9. The van der Waals surface area contributed by atoms with Gasteiger partial charge in [0.25, 0.3) is 5.88 Å². The number of hydrogen-bond acceptors (Lipinski definition) is 18. The molecule has 5 aromatic rings. The smallest absolute Gasteiger partial charge is 0.254 e. The second-order valence-electron chi connectivity index (χ2n) is 21.7. The van der Waals surface area contributed by atoms with Gasteiger partial charge in [0.05, 0.1) is 76.7 Å². The number of rotatable bonds is 19. The zero-order valence-electron chi connectivity index (χ0n) is 44.2. The molecule has 2 aromatic carbocycles. The van der Waals surface area contributed by atoms with Crippen LogP contribution in [0.3, 0.4) is 0 Å². The van der Waals surface area contributed by atoms with Crippen molar-refractivity contribution in [1.82, 2.24) is 40.4 Å². The molecular formula is C56H74N10O9S. The number of ether oxygens (including phenoxy) is 4. The fraction of sp³-hybridized carbons (Fsp3) is 0.571. The van der Waals surface area contributed by atoms with Crippen LogP contribution >= 0.6 is 11.3 Å². The monoisotopic (exact) mass is 1060 g/mol. The van der Waals surface area contributed by atoms with Crippen LogP contribution in [0.25, 0.3) is 21.7 Å². The van der Waals surface area contributed by atoms with Crippen LogP contribution in [0.2, 0.25) is 0 Å². The number of amides is 2. The van der Waals surface area contributed by atoms with Crippen LogP contribution in [0.4, 0.5) is 11.5 Å². The van der Waals surface area contributed by atoms with Gasteiger partial charge in [-0.05, 0) is 92.8 Å². The van der Waals surface area contributed by atoms with Crippen LogP contribution in [0.1, 0.15) is 94.7 Å². The quantitative estimate of drug-likeness (QED) is 0.0721.